The van der Waals surface area contributed by atoms with Crippen LogP contribution in [0.2, 0.25) is 0 Å². The number of anilines is 1. The highest BCUT2D eigenvalue weighted by Gasteiger charge is 2.75. The van der Waals surface area contributed by atoms with Crippen LogP contribution in [0.25, 0.3) is 0 Å². The molecule has 3 aliphatic heterocycles. The van der Waals surface area contributed by atoms with Crippen LogP contribution in [0.1, 0.15) is 40.5 Å². The SMILES string of the molecule is CC(C)NC(=O)C1N([C@@H](CO)C(C)C)C(=O)[C@@H]2[C@H](C(=O)Nc3ccccc3)[C@@H]3CCC12O3. The first-order valence-electron chi connectivity index (χ1n) is 11.5. The predicted molar refractivity (Wildman–Crippen MR) is 119 cm³/mol. The van der Waals surface area contributed by atoms with Crippen LogP contribution in [0.15, 0.2) is 30.3 Å². The number of amides is 3. The molecule has 4 rings (SSSR count). The fourth-order valence-corrected chi connectivity index (χ4v) is 5.78. The summed E-state index contributed by atoms with van der Waals surface area (Å²) >= 11 is 0. The third kappa shape index (κ3) is 3.49. The lowest BCUT2D eigenvalue weighted by atomic mass is 9.70. The van der Waals surface area contributed by atoms with Crippen molar-refractivity contribution in [2.24, 2.45) is 17.8 Å². The summed E-state index contributed by atoms with van der Waals surface area (Å²) in [7, 11) is 0. The Morgan fingerprint density at radius 1 is 1.19 bits per heavy atom. The molecule has 2 bridgehead atoms. The van der Waals surface area contributed by atoms with Gasteiger partial charge in [-0.25, -0.2) is 0 Å². The van der Waals surface area contributed by atoms with Gasteiger partial charge in [0.15, 0.2) is 0 Å². The number of likely N-dealkylation sites (tertiary alicyclic amines) is 1. The summed E-state index contributed by atoms with van der Waals surface area (Å²) in [6, 6.07) is 7.59. The van der Waals surface area contributed by atoms with Gasteiger partial charge in [-0.15, -0.1) is 0 Å². The smallest absolute Gasteiger partial charge is 0.246 e. The number of fused-ring (bicyclic) bond motifs is 1. The van der Waals surface area contributed by atoms with Gasteiger partial charge in [-0.05, 0) is 44.7 Å². The van der Waals surface area contributed by atoms with E-state index in [0.29, 0.717) is 18.5 Å². The molecule has 3 fully saturated rings. The molecule has 6 atom stereocenters. The average molecular weight is 444 g/mol. The lowest BCUT2D eigenvalue weighted by Gasteiger charge is -2.38. The van der Waals surface area contributed by atoms with E-state index in [1.807, 2.05) is 45.9 Å². The summed E-state index contributed by atoms with van der Waals surface area (Å²) in [4.78, 5) is 42.0. The minimum absolute atomic E-state index is 0.0673. The van der Waals surface area contributed by atoms with Crippen LogP contribution in [0.5, 0.6) is 0 Å². The summed E-state index contributed by atoms with van der Waals surface area (Å²) < 4.78 is 6.38. The maximum atomic E-state index is 13.8. The normalized spacial score (nSPS) is 31.8. The van der Waals surface area contributed by atoms with Crippen LogP contribution < -0.4 is 10.6 Å². The summed E-state index contributed by atoms with van der Waals surface area (Å²) in [5.74, 6) is -2.34. The molecule has 2 unspecified atom stereocenters. The van der Waals surface area contributed by atoms with E-state index in [-0.39, 0.29) is 36.3 Å². The van der Waals surface area contributed by atoms with Crippen molar-refractivity contribution < 1.29 is 24.2 Å². The van der Waals surface area contributed by atoms with E-state index in [9.17, 15) is 19.5 Å². The Hall–Kier alpha value is -2.45. The minimum atomic E-state index is -1.05. The van der Waals surface area contributed by atoms with Gasteiger partial charge >= 0.3 is 0 Å². The molecule has 174 valence electrons. The molecule has 1 spiro atoms. The summed E-state index contributed by atoms with van der Waals surface area (Å²) in [6.07, 6.45) is 0.740. The monoisotopic (exact) mass is 443 g/mol. The zero-order chi connectivity index (χ0) is 23.2. The van der Waals surface area contributed by atoms with Crippen molar-refractivity contribution in [1.29, 1.82) is 0 Å². The lowest BCUT2D eigenvalue weighted by molar-refractivity contribution is -0.146. The molecule has 1 aromatic carbocycles. The molecule has 8 heteroatoms. The van der Waals surface area contributed by atoms with Crippen molar-refractivity contribution in [2.75, 3.05) is 11.9 Å². The molecule has 32 heavy (non-hydrogen) atoms. The molecule has 3 heterocycles. The number of hydrogen-bond donors (Lipinski definition) is 3. The van der Waals surface area contributed by atoms with E-state index in [1.165, 1.54) is 4.90 Å². The number of carbonyl (C=O) groups is 3. The molecule has 3 aliphatic rings. The molecule has 0 saturated carbocycles. The molecule has 3 N–H and O–H groups in total. The zero-order valence-electron chi connectivity index (χ0n) is 19.1. The second kappa shape index (κ2) is 8.48. The number of nitrogens with zero attached hydrogens (tertiary/aromatic N) is 1. The topological polar surface area (TPSA) is 108 Å². The summed E-state index contributed by atoms with van der Waals surface area (Å²) in [6.45, 7) is 7.29. The van der Waals surface area contributed by atoms with Crippen molar-refractivity contribution in [3.63, 3.8) is 0 Å². The van der Waals surface area contributed by atoms with E-state index < -0.39 is 35.6 Å². The molecule has 0 aromatic heterocycles. The van der Waals surface area contributed by atoms with E-state index in [2.05, 4.69) is 10.6 Å². The van der Waals surface area contributed by atoms with Gasteiger partial charge in [0.25, 0.3) is 0 Å². The molecule has 3 saturated heterocycles. The Labute approximate surface area is 188 Å². The highest BCUT2D eigenvalue weighted by Crippen LogP contribution is 2.59. The van der Waals surface area contributed by atoms with Gasteiger partial charge in [0, 0.05) is 11.7 Å². The zero-order valence-corrected chi connectivity index (χ0v) is 19.1. The van der Waals surface area contributed by atoms with Gasteiger partial charge < -0.3 is 25.4 Å². The minimum Gasteiger partial charge on any atom is -0.394 e. The van der Waals surface area contributed by atoms with Gasteiger partial charge in [0.1, 0.15) is 11.6 Å². The maximum absolute atomic E-state index is 13.8. The average Bonchev–Trinajstić information content (AvgIpc) is 3.36. The number of aliphatic hydroxyl groups is 1. The molecule has 3 amide bonds. The van der Waals surface area contributed by atoms with Crippen molar-refractivity contribution in [2.45, 2.75) is 70.4 Å². The number of carbonyl (C=O) groups excluding carboxylic acids is 3. The van der Waals surface area contributed by atoms with Gasteiger partial charge in [0.05, 0.1) is 30.6 Å². The Balaban J connectivity index is 1.72. The molecular weight excluding hydrogens is 410 g/mol. The second-order valence-electron chi connectivity index (χ2n) is 9.81. The quantitative estimate of drug-likeness (QED) is 0.593. The fraction of sp³-hybridized carbons (Fsp3) is 0.625. The highest BCUT2D eigenvalue weighted by molar-refractivity contribution is 6.02. The molecular formula is C24H33N3O5. The highest BCUT2D eigenvalue weighted by atomic mass is 16.5. The Morgan fingerprint density at radius 2 is 1.88 bits per heavy atom. The molecule has 0 aliphatic carbocycles. The van der Waals surface area contributed by atoms with Crippen LogP contribution in [-0.4, -0.2) is 64.2 Å². The Kier molecular flexibility index (Phi) is 6.02. The third-order valence-corrected chi connectivity index (χ3v) is 7.08. The van der Waals surface area contributed by atoms with Gasteiger partial charge in [0.2, 0.25) is 17.7 Å². The van der Waals surface area contributed by atoms with Crippen LogP contribution in [-0.2, 0) is 19.1 Å². The standard InChI is InChI=1S/C24H33N3O5/c1-13(2)16(12-28)27-20(22(30)25-14(3)4)24-11-10-17(32-24)18(19(24)23(27)31)21(29)26-15-8-6-5-7-9-15/h5-9,13-14,16-20,28H,10-12H2,1-4H3,(H,25,30)(H,26,29)/t16-,17-,18+,19-,20?,24?/m0/s1. The molecule has 0 radical (unpaired) electrons. The largest absolute Gasteiger partial charge is 0.394 e. The van der Waals surface area contributed by atoms with E-state index in [4.69, 9.17) is 4.74 Å². The van der Waals surface area contributed by atoms with E-state index >= 15 is 0 Å². The van der Waals surface area contributed by atoms with Crippen molar-refractivity contribution in [1.82, 2.24) is 10.2 Å². The van der Waals surface area contributed by atoms with E-state index in [0.717, 1.165) is 0 Å². The van der Waals surface area contributed by atoms with Gasteiger partial charge in [-0.2, -0.15) is 0 Å². The van der Waals surface area contributed by atoms with Crippen LogP contribution in [0.4, 0.5) is 5.69 Å². The third-order valence-electron chi connectivity index (χ3n) is 7.08. The molecule has 8 nitrogen and oxygen atoms in total. The van der Waals surface area contributed by atoms with Crippen LogP contribution in [0.3, 0.4) is 0 Å². The molecule has 1 aromatic rings. The van der Waals surface area contributed by atoms with Crippen molar-refractivity contribution >= 4 is 23.4 Å². The summed E-state index contributed by atoms with van der Waals surface area (Å²) in [5.41, 5.74) is -0.400. The maximum Gasteiger partial charge on any atom is 0.246 e. The Bertz CT molecular complexity index is 889. The predicted octanol–water partition coefficient (Wildman–Crippen LogP) is 1.54. The summed E-state index contributed by atoms with van der Waals surface area (Å²) in [5, 5.41) is 16.0. The van der Waals surface area contributed by atoms with Crippen LogP contribution in [0, 0.1) is 17.8 Å². The fourth-order valence-electron chi connectivity index (χ4n) is 5.78. The van der Waals surface area contributed by atoms with Gasteiger partial charge in [-0.3, -0.25) is 14.4 Å². The first-order chi connectivity index (χ1) is 15.2. The number of benzene rings is 1. The Morgan fingerprint density at radius 3 is 2.47 bits per heavy atom. The number of para-hydroxylation sites is 1. The first kappa shape index (κ1) is 22.7. The second-order valence-corrected chi connectivity index (χ2v) is 9.81. The number of ether oxygens (including phenoxy) is 1. The van der Waals surface area contributed by atoms with Crippen molar-refractivity contribution in [3.8, 4) is 0 Å². The number of aliphatic hydroxyl groups excluding tert-OH is 1. The number of hydrogen-bond acceptors (Lipinski definition) is 5. The lowest BCUT2D eigenvalue weighted by Crippen LogP contribution is -2.59. The first-order valence-corrected chi connectivity index (χ1v) is 11.5. The van der Waals surface area contributed by atoms with Gasteiger partial charge in [-0.1, -0.05) is 32.0 Å². The number of nitrogens with one attached hydrogen (secondary N) is 2. The van der Waals surface area contributed by atoms with E-state index in [1.54, 1.807) is 12.1 Å². The van der Waals surface area contributed by atoms with Crippen LogP contribution >= 0.6 is 0 Å². The number of rotatable bonds is 7. The van der Waals surface area contributed by atoms with Crippen molar-refractivity contribution in [3.05, 3.63) is 30.3 Å².